The fraction of sp³-hybridized carbons (Fsp3) is 0.909. The molecule has 5 nitrogen and oxygen atoms in total. The molecule has 0 aromatic heterocycles. The Morgan fingerprint density at radius 3 is 2.25 bits per heavy atom. The second kappa shape index (κ2) is 4.59. The van der Waals surface area contributed by atoms with Crippen molar-refractivity contribution in [3.05, 3.63) is 0 Å². The highest BCUT2D eigenvalue weighted by atomic mass is 16.4. The second-order valence-electron chi connectivity index (χ2n) is 5.46. The molecule has 5 heteroatoms. The Morgan fingerprint density at radius 1 is 1.38 bits per heavy atom. The number of carbonyl (C=O) groups is 1. The van der Waals surface area contributed by atoms with Crippen molar-refractivity contribution in [3.63, 3.8) is 0 Å². The summed E-state index contributed by atoms with van der Waals surface area (Å²) in [5.74, 6) is -0.200. The van der Waals surface area contributed by atoms with Crippen LogP contribution in [-0.4, -0.2) is 50.6 Å². The van der Waals surface area contributed by atoms with E-state index in [-0.39, 0.29) is 18.6 Å². The lowest BCUT2D eigenvalue weighted by Gasteiger charge is -2.38. The summed E-state index contributed by atoms with van der Waals surface area (Å²) in [7, 11) is 0. The number of aliphatic hydroxyl groups is 2. The normalized spacial score (nSPS) is 30.4. The second-order valence-corrected chi connectivity index (χ2v) is 5.46. The topological polar surface area (TPSA) is 81.0 Å². The smallest absolute Gasteiger partial charge is 0.407 e. The third-order valence-corrected chi connectivity index (χ3v) is 3.16. The van der Waals surface area contributed by atoms with E-state index < -0.39 is 17.7 Å². The summed E-state index contributed by atoms with van der Waals surface area (Å²) in [4.78, 5) is 12.6. The zero-order valence-electron chi connectivity index (χ0n) is 10.1. The number of amides is 1. The molecule has 0 spiro atoms. The Balaban J connectivity index is 2.79. The number of rotatable bonds is 2. The van der Waals surface area contributed by atoms with Crippen LogP contribution in [-0.2, 0) is 0 Å². The van der Waals surface area contributed by atoms with E-state index in [0.29, 0.717) is 12.8 Å². The summed E-state index contributed by atoms with van der Waals surface area (Å²) in [5, 5.41) is 27.9. The number of carboxylic acid groups (broad SMARTS) is 1. The molecule has 0 aromatic carbocycles. The van der Waals surface area contributed by atoms with Crippen molar-refractivity contribution in [3.8, 4) is 0 Å². The van der Waals surface area contributed by atoms with Gasteiger partial charge in [-0.05, 0) is 33.6 Å². The van der Waals surface area contributed by atoms with Crippen molar-refractivity contribution < 1.29 is 20.1 Å². The SMILES string of the molecule is CC(C)(C)N(C(=O)O)[C@@H]1C[C@H](CO)[C@@H](O)C1. The van der Waals surface area contributed by atoms with E-state index in [4.69, 9.17) is 5.11 Å². The van der Waals surface area contributed by atoms with Gasteiger partial charge in [-0.15, -0.1) is 0 Å². The molecule has 3 atom stereocenters. The molecule has 0 aromatic rings. The molecule has 1 saturated carbocycles. The predicted octanol–water partition coefficient (Wildman–Crippen LogP) is 0.897. The molecule has 0 aliphatic heterocycles. The van der Waals surface area contributed by atoms with Gasteiger partial charge >= 0.3 is 6.09 Å². The summed E-state index contributed by atoms with van der Waals surface area (Å²) in [6, 6.07) is -0.204. The molecule has 0 saturated heterocycles. The number of hydrogen-bond acceptors (Lipinski definition) is 3. The number of hydrogen-bond donors (Lipinski definition) is 3. The number of nitrogens with zero attached hydrogens (tertiary/aromatic N) is 1. The average molecular weight is 231 g/mol. The molecule has 1 rings (SSSR count). The first kappa shape index (κ1) is 13.3. The van der Waals surface area contributed by atoms with Crippen LogP contribution in [0, 0.1) is 5.92 Å². The third-order valence-electron chi connectivity index (χ3n) is 3.16. The fourth-order valence-electron chi connectivity index (χ4n) is 2.47. The number of aliphatic hydroxyl groups excluding tert-OH is 2. The van der Waals surface area contributed by atoms with Crippen LogP contribution in [0.2, 0.25) is 0 Å². The van der Waals surface area contributed by atoms with Crippen molar-refractivity contribution in [1.82, 2.24) is 4.90 Å². The molecule has 0 bridgehead atoms. The molecular weight excluding hydrogens is 210 g/mol. The minimum Gasteiger partial charge on any atom is -0.465 e. The minimum absolute atomic E-state index is 0.0880. The Labute approximate surface area is 95.7 Å². The van der Waals surface area contributed by atoms with Gasteiger partial charge in [-0.2, -0.15) is 0 Å². The highest BCUT2D eigenvalue weighted by Gasteiger charge is 2.41. The zero-order valence-corrected chi connectivity index (χ0v) is 10.1. The van der Waals surface area contributed by atoms with E-state index in [1.807, 2.05) is 20.8 Å². The van der Waals surface area contributed by atoms with Crippen LogP contribution < -0.4 is 0 Å². The van der Waals surface area contributed by atoms with Crippen LogP contribution in [0.3, 0.4) is 0 Å². The lowest BCUT2D eigenvalue weighted by atomic mass is 10.0. The quantitative estimate of drug-likeness (QED) is 0.659. The zero-order chi connectivity index (χ0) is 12.5. The van der Waals surface area contributed by atoms with Crippen LogP contribution in [0.25, 0.3) is 0 Å². The lowest BCUT2D eigenvalue weighted by Crippen LogP contribution is -2.50. The summed E-state index contributed by atoms with van der Waals surface area (Å²) in [6.07, 6.45) is -0.627. The predicted molar refractivity (Wildman–Crippen MR) is 59.2 cm³/mol. The maximum Gasteiger partial charge on any atom is 0.407 e. The standard InChI is InChI=1S/C11H21NO4/c1-11(2,3)12(10(15)16)8-4-7(6-13)9(14)5-8/h7-9,13-14H,4-6H2,1-3H3,(H,15,16)/t7-,8-,9+/m1/s1. The van der Waals surface area contributed by atoms with Gasteiger partial charge in [0.05, 0.1) is 6.10 Å². The van der Waals surface area contributed by atoms with E-state index in [2.05, 4.69) is 0 Å². The molecule has 1 fully saturated rings. The van der Waals surface area contributed by atoms with E-state index in [1.165, 1.54) is 4.90 Å². The summed E-state index contributed by atoms with van der Waals surface area (Å²) < 4.78 is 0. The van der Waals surface area contributed by atoms with Crippen LogP contribution in [0.15, 0.2) is 0 Å². The first-order valence-electron chi connectivity index (χ1n) is 5.58. The Morgan fingerprint density at radius 2 is 1.94 bits per heavy atom. The molecular formula is C11H21NO4. The molecule has 1 aliphatic carbocycles. The molecule has 94 valence electrons. The third kappa shape index (κ3) is 2.65. The lowest BCUT2D eigenvalue weighted by molar-refractivity contribution is 0.0662. The summed E-state index contributed by atoms with van der Waals surface area (Å²) in [5.41, 5.74) is -0.486. The summed E-state index contributed by atoms with van der Waals surface area (Å²) >= 11 is 0. The first-order chi connectivity index (χ1) is 7.27. The molecule has 3 N–H and O–H groups in total. The highest BCUT2D eigenvalue weighted by molar-refractivity contribution is 5.66. The average Bonchev–Trinajstić information content (AvgIpc) is 2.43. The van der Waals surface area contributed by atoms with Crippen molar-refractivity contribution in [2.24, 2.45) is 5.92 Å². The van der Waals surface area contributed by atoms with Crippen molar-refractivity contribution in [2.75, 3.05) is 6.61 Å². The largest absolute Gasteiger partial charge is 0.465 e. The van der Waals surface area contributed by atoms with Gasteiger partial charge in [-0.3, -0.25) is 0 Å². The van der Waals surface area contributed by atoms with Gasteiger partial charge in [0, 0.05) is 24.1 Å². The van der Waals surface area contributed by atoms with Gasteiger partial charge in [0.25, 0.3) is 0 Å². The summed E-state index contributed by atoms with van der Waals surface area (Å²) in [6.45, 7) is 5.41. The molecule has 16 heavy (non-hydrogen) atoms. The van der Waals surface area contributed by atoms with Crippen molar-refractivity contribution in [2.45, 2.75) is 51.3 Å². The van der Waals surface area contributed by atoms with Crippen LogP contribution in [0.4, 0.5) is 4.79 Å². The maximum atomic E-state index is 11.2. The van der Waals surface area contributed by atoms with Crippen molar-refractivity contribution in [1.29, 1.82) is 0 Å². The van der Waals surface area contributed by atoms with E-state index in [0.717, 1.165) is 0 Å². The van der Waals surface area contributed by atoms with Gasteiger partial charge in [0.15, 0.2) is 0 Å². The van der Waals surface area contributed by atoms with E-state index in [1.54, 1.807) is 0 Å². The highest BCUT2D eigenvalue weighted by Crippen LogP contribution is 2.33. The molecule has 1 aliphatic rings. The Hall–Kier alpha value is -0.810. The molecule has 0 heterocycles. The van der Waals surface area contributed by atoms with E-state index >= 15 is 0 Å². The molecule has 1 amide bonds. The van der Waals surface area contributed by atoms with Crippen molar-refractivity contribution >= 4 is 6.09 Å². The van der Waals surface area contributed by atoms with Gasteiger partial charge in [0.2, 0.25) is 0 Å². The maximum absolute atomic E-state index is 11.2. The minimum atomic E-state index is -0.969. The van der Waals surface area contributed by atoms with Gasteiger partial charge < -0.3 is 20.2 Å². The first-order valence-corrected chi connectivity index (χ1v) is 5.58. The molecule has 0 unspecified atom stereocenters. The van der Waals surface area contributed by atoms with Gasteiger partial charge in [-0.1, -0.05) is 0 Å². The van der Waals surface area contributed by atoms with Gasteiger partial charge in [0.1, 0.15) is 0 Å². The Bertz CT molecular complexity index is 261. The fourth-order valence-corrected chi connectivity index (χ4v) is 2.47. The molecule has 0 radical (unpaired) electrons. The Kier molecular flexibility index (Phi) is 3.80. The van der Waals surface area contributed by atoms with Crippen LogP contribution >= 0.6 is 0 Å². The van der Waals surface area contributed by atoms with Crippen LogP contribution in [0.1, 0.15) is 33.6 Å². The van der Waals surface area contributed by atoms with Gasteiger partial charge in [-0.25, -0.2) is 4.79 Å². The monoisotopic (exact) mass is 231 g/mol. The van der Waals surface area contributed by atoms with E-state index in [9.17, 15) is 15.0 Å². The van der Waals surface area contributed by atoms with Crippen LogP contribution in [0.5, 0.6) is 0 Å².